The van der Waals surface area contributed by atoms with Crippen LogP contribution < -0.4 is 16.4 Å². The van der Waals surface area contributed by atoms with Gasteiger partial charge in [0.2, 0.25) is 0 Å². The lowest BCUT2D eigenvalue weighted by Gasteiger charge is -2.19. The van der Waals surface area contributed by atoms with Crippen molar-refractivity contribution < 1.29 is 14.7 Å². The number of rotatable bonds is 5. The van der Waals surface area contributed by atoms with Gasteiger partial charge in [-0.2, -0.15) is 0 Å². The van der Waals surface area contributed by atoms with Gasteiger partial charge in [0.15, 0.2) is 0 Å². The van der Waals surface area contributed by atoms with Crippen molar-refractivity contribution in [3.05, 3.63) is 76.8 Å². The van der Waals surface area contributed by atoms with Crippen molar-refractivity contribution in [3.63, 3.8) is 0 Å². The summed E-state index contributed by atoms with van der Waals surface area (Å²) in [5, 5.41) is 18.2. The van der Waals surface area contributed by atoms with E-state index >= 15 is 0 Å². The number of aliphatic carboxylic acids is 1. The molecule has 0 aliphatic carbocycles. The maximum absolute atomic E-state index is 12.4. The van der Waals surface area contributed by atoms with Crippen LogP contribution in [0.25, 0.3) is 27.3 Å². The molecule has 2 aromatic carbocycles. The van der Waals surface area contributed by atoms with Gasteiger partial charge in [-0.25, -0.2) is 14.6 Å². The molecule has 0 saturated carbocycles. The monoisotopic (exact) mass is 500 g/mol. The molecule has 0 aliphatic heterocycles. The minimum Gasteiger partial charge on any atom is -0.478 e. The summed E-state index contributed by atoms with van der Waals surface area (Å²) in [4.78, 5) is 28.6. The summed E-state index contributed by atoms with van der Waals surface area (Å²) in [5.74, 6) is -0.579. The van der Waals surface area contributed by atoms with E-state index in [1.165, 1.54) is 11.3 Å². The number of hydrogen-bond donors (Lipinski definition) is 4. The number of urea groups is 1. The fourth-order valence-electron chi connectivity index (χ4n) is 3.91. The molecule has 0 spiro atoms. The van der Waals surface area contributed by atoms with Crippen LogP contribution in [0.15, 0.2) is 65.7 Å². The number of pyridine rings is 1. The second-order valence-corrected chi connectivity index (χ2v) is 10.5. The highest BCUT2D eigenvalue weighted by molar-refractivity contribution is 7.18. The number of carboxylic acids is 1. The summed E-state index contributed by atoms with van der Waals surface area (Å²) < 4.78 is 0.875. The summed E-state index contributed by atoms with van der Waals surface area (Å²) in [7, 11) is 0. The molecule has 0 aliphatic rings. The molecular formula is C28H28N4O3S. The van der Waals surface area contributed by atoms with Crippen molar-refractivity contribution >= 4 is 56.7 Å². The van der Waals surface area contributed by atoms with Gasteiger partial charge in [0.1, 0.15) is 5.82 Å². The molecule has 4 aromatic rings. The first-order valence-electron chi connectivity index (χ1n) is 11.4. The highest BCUT2D eigenvalue weighted by Gasteiger charge is 2.24. The number of aryl methyl sites for hydroxylation is 1. The summed E-state index contributed by atoms with van der Waals surface area (Å²) in [6.07, 6.45) is 3.30. The SMILES string of the molecule is Cc1cccc(NC(=O)Nc2ccc(-c3csc4c(C=C(C(=O)O)C(C)(C)C)cnc(N)c34)cc2)c1. The number of nitrogen functional groups attached to an aromatic ring is 1. The molecule has 0 radical (unpaired) electrons. The number of hydrogen-bond acceptors (Lipinski definition) is 5. The maximum Gasteiger partial charge on any atom is 0.332 e. The molecule has 0 atom stereocenters. The van der Waals surface area contributed by atoms with Crippen molar-refractivity contribution in [2.24, 2.45) is 5.41 Å². The normalized spacial score (nSPS) is 11.9. The van der Waals surface area contributed by atoms with E-state index in [1.807, 2.05) is 81.6 Å². The molecule has 4 rings (SSSR count). The third kappa shape index (κ3) is 5.39. The van der Waals surface area contributed by atoms with E-state index in [1.54, 1.807) is 12.3 Å². The molecule has 0 bridgehead atoms. The average Bonchev–Trinajstić information content (AvgIpc) is 3.24. The quantitative estimate of drug-likeness (QED) is 0.220. The number of thiophene rings is 1. The van der Waals surface area contributed by atoms with Crippen molar-refractivity contribution in [2.75, 3.05) is 16.4 Å². The number of nitrogens with two attached hydrogens (primary N) is 1. The predicted molar refractivity (Wildman–Crippen MR) is 148 cm³/mol. The molecule has 0 saturated heterocycles. The summed E-state index contributed by atoms with van der Waals surface area (Å²) in [6.45, 7) is 7.57. The molecule has 8 heteroatoms. The molecular weight excluding hydrogens is 472 g/mol. The number of amides is 2. The van der Waals surface area contributed by atoms with E-state index in [0.29, 0.717) is 22.6 Å². The number of nitrogens with one attached hydrogen (secondary N) is 2. The number of benzene rings is 2. The Bertz CT molecular complexity index is 1480. The van der Waals surface area contributed by atoms with Crippen LogP contribution in [0.1, 0.15) is 31.9 Å². The zero-order valence-electron chi connectivity index (χ0n) is 20.5. The number of fused-ring (bicyclic) bond motifs is 1. The Kier molecular flexibility index (Phi) is 6.81. The van der Waals surface area contributed by atoms with Gasteiger partial charge in [-0.15, -0.1) is 11.3 Å². The van der Waals surface area contributed by atoms with Gasteiger partial charge >= 0.3 is 12.0 Å². The third-order valence-corrected chi connectivity index (χ3v) is 6.75. The lowest BCUT2D eigenvalue weighted by molar-refractivity contribution is -0.133. The Balaban J connectivity index is 1.61. The number of anilines is 3. The van der Waals surface area contributed by atoms with Crippen LogP contribution in [-0.2, 0) is 4.79 Å². The van der Waals surface area contributed by atoms with Crippen molar-refractivity contribution in [1.29, 1.82) is 0 Å². The molecule has 5 N–H and O–H groups in total. The van der Waals surface area contributed by atoms with Crippen LogP contribution in [0.3, 0.4) is 0 Å². The van der Waals surface area contributed by atoms with E-state index in [-0.39, 0.29) is 6.03 Å². The fourth-order valence-corrected chi connectivity index (χ4v) is 4.98. The molecule has 7 nitrogen and oxygen atoms in total. The minimum atomic E-state index is -0.959. The van der Waals surface area contributed by atoms with E-state index < -0.39 is 11.4 Å². The molecule has 0 unspecified atom stereocenters. The van der Waals surface area contributed by atoms with Gasteiger partial charge in [-0.05, 0) is 59.2 Å². The van der Waals surface area contributed by atoms with E-state index in [4.69, 9.17) is 5.73 Å². The van der Waals surface area contributed by atoms with Gasteiger partial charge in [0.25, 0.3) is 0 Å². The van der Waals surface area contributed by atoms with Gasteiger partial charge in [-0.3, -0.25) is 0 Å². The van der Waals surface area contributed by atoms with Crippen LogP contribution in [-0.4, -0.2) is 22.1 Å². The first kappa shape index (κ1) is 24.9. The third-order valence-electron chi connectivity index (χ3n) is 5.72. The van der Waals surface area contributed by atoms with Gasteiger partial charge in [0, 0.05) is 44.4 Å². The van der Waals surface area contributed by atoms with Gasteiger partial charge in [-0.1, -0.05) is 45.0 Å². The first-order chi connectivity index (χ1) is 17.0. The van der Waals surface area contributed by atoms with Crippen molar-refractivity contribution in [1.82, 2.24) is 4.98 Å². The van der Waals surface area contributed by atoms with E-state index in [2.05, 4.69) is 15.6 Å². The van der Waals surface area contributed by atoms with Crippen LogP contribution in [0.2, 0.25) is 0 Å². The molecule has 2 heterocycles. The highest BCUT2D eigenvalue weighted by atomic mass is 32.1. The standard InChI is InChI=1S/C28H28N4O3S/c1-16-6-5-7-20(12-16)32-27(35)31-19-10-8-17(9-11-19)21-15-36-24-18(14-30-25(29)23(21)24)13-22(26(33)34)28(2,3)4/h5-15H,1-4H3,(H2,29,30)(H,33,34)(H2,31,32,35). The Morgan fingerprint density at radius 2 is 1.75 bits per heavy atom. The second kappa shape index (κ2) is 9.83. The topological polar surface area (TPSA) is 117 Å². The van der Waals surface area contributed by atoms with Crippen molar-refractivity contribution in [3.8, 4) is 11.1 Å². The lowest BCUT2D eigenvalue weighted by atomic mass is 9.85. The molecule has 2 amide bonds. The molecule has 36 heavy (non-hydrogen) atoms. The Morgan fingerprint density at radius 1 is 1.06 bits per heavy atom. The lowest BCUT2D eigenvalue weighted by Crippen LogP contribution is -2.19. The number of carbonyl (C=O) groups excluding carboxylic acids is 1. The zero-order valence-corrected chi connectivity index (χ0v) is 21.4. The largest absolute Gasteiger partial charge is 0.478 e. The number of carbonyl (C=O) groups is 2. The van der Waals surface area contributed by atoms with E-state index in [0.717, 1.165) is 32.5 Å². The van der Waals surface area contributed by atoms with Crippen LogP contribution in [0.4, 0.5) is 22.0 Å². The molecule has 0 fully saturated rings. The first-order valence-corrected chi connectivity index (χ1v) is 12.3. The van der Waals surface area contributed by atoms with Crippen LogP contribution in [0.5, 0.6) is 0 Å². The smallest absolute Gasteiger partial charge is 0.332 e. The molecule has 184 valence electrons. The fraction of sp³-hybridized carbons (Fsp3) is 0.179. The summed E-state index contributed by atoms with van der Waals surface area (Å²) in [5.41, 5.74) is 11.0. The highest BCUT2D eigenvalue weighted by Crippen LogP contribution is 2.40. The predicted octanol–water partition coefficient (Wildman–Crippen LogP) is 7.01. The van der Waals surface area contributed by atoms with Crippen LogP contribution >= 0.6 is 11.3 Å². The number of nitrogens with zero attached hydrogens (tertiary/aromatic N) is 1. The summed E-state index contributed by atoms with van der Waals surface area (Å²) in [6, 6.07) is 14.7. The van der Waals surface area contributed by atoms with Gasteiger partial charge < -0.3 is 21.5 Å². The molecule has 2 aromatic heterocycles. The number of carboxylic acid groups (broad SMARTS) is 1. The Morgan fingerprint density at radius 3 is 2.39 bits per heavy atom. The summed E-state index contributed by atoms with van der Waals surface area (Å²) >= 11 is 1.49. The second-order valence-electron chi connectivity index (χ2n) is 9.59. The minimum absolute atomic E-state index is 0.296. The Hall–Kier alpha value is -4.17. The maximum atomic E-state index is 12.4. The number of aromatic nitrogens is 1. The van der Waals surface area contributed by atoms with Crippen molar-refractivity contribution in [2.45, 2.75) is 27.7 Å². The van der Waals surface area contributed by atoms with Gasteiger partial charge in [0.05, 0.1) is 0 Å². The van der Waals surface area contributed by atoms with Crippen LogP contribution in [0, 0.1) is 12.3 Å². The van der Waals surface area contributed by atoms with E-state index in [9.17, 15) is 14.7 Å². The average molecular weight is 501 g/mol. The Labute approximate surface area is 213 Å². The zero-order chi connectivity index (χ0) is 26.0.